The Labute approximate surface area is 131 Å². The molecular formula is C18H36N2O. The minimum absolute atomic E-state index is 0.00370. The quantitative estimate of drug-likeness (QED) is 0.819. The van der Waals surface area contributed by atoms with E-state index < -0.39 is 0 Å². The third kappa shape index (κ3) is 4.00. The van der Waals surface area contributed by atoms with Crippen molar-refractivity contribution in [2.24, 2.45) is 17.3 Å². The van der Waals surface area contributed by atoms with E-state index in [1.165, 1.54) is 51.7 Å². The highest BCUT2D eigenvalue weighted by Crippen LogP contribution is 2.38. The van der Waals surface area contributed by atoms with Crippen molar-refractivity contribution < 1.29 is 5.11 Å². The first-order valence-electron chi connectivity index (χ1n) is 8.93. The van der Waals surface area contributed by atoms with Crippen molar-refractivity contribution in [3.8, 4) is 0 Å². The van der Waals surface area contributed by atoms with Gasteiger partial charge in [-0.05, 0) is 76.0 Å². The summed E-state index contributed by atoms with van der Waals surface area (Å²) >= 11 is 0. The lowest BCUT2D eigenvalue weighted by Gasteiger charge is -2.40. The van der Waals surface area contributed by atoms with Gasteiger partial charge in [0.05, 0.1) is 6.61 Å². The molecule has 0 aromatic carbocycles. The highest BCUT2D eigenvalue weighted by Gasteiger charge is 2.41. The lowest BCUT2D eigenvalue weighted by molar-refractivity contribution is 0.0907. The first kappa shape index (κ1) is 17.2. The van der Waals surface area contributed by atoms with Crippen molar-refractivity contribution >= 4 is 0 Å². The van der Waals surface area contributed by atoms with Crippen LogP contribution in [0.5, 0.6) is 0 Å². The standard InChI is InChI=1S/C18H36N2O/c1-17(2,3)15-7-11-20(12-8-15)13-9-16-6-5-10-18(16,14-21)19-4/h15-16,19,21H,5-14H2,1-4H3. The zero-order chi connectivity index (χ0) is 15.5. The minimum Gasteiger partial charge on any atom is -0.394 e. The summed E-state index contributed by atoms with van der Waals surface area (Å²) in [6, 6.07) is 0. The van der Waals surface area contributed by atoms with Crippen LogP contribution in [-0.4, -0.2) is 48.8 Å². The largest absolute Gasteiger partial charge is 0.394 e. The lowest BCUT2D eigenvalue weighted by atomic mass is 9.75. The van der Waals surface area contributed by atoms with Crippen molar-refractivity contribution in [3.63, 3.8) is 0 Å². The van der Waals surface area contributed by atoms with Gasteiger partial charge in [-0.3, -0.25) is 0 Å². The van der Waals surface area contributed by atoms with Crippen molar-refractivity contribution in [3.05, 3.63) is 0 Å². The molecule has 124 valence electrons. The van der Waals surface area contributed by atoms with Gasteiger partial charge in [-0.1, -0.05) is 27.2 Å². The minimum atomic E-state index is 0.00370. The van der Waals surface area contributed by atoms with Gasteiger partial charge in [0.2, 0.25) is 0 Å². The maximum absolute atomic E-state index is 9.77. The third-order valence-corrected chi connectivity index (χ3v) is 6.34. The van der Waals surface area contributed by atoms with Gasteiger partial charge in [0.1, 0.15) is 0 Å². The molecule has 1 saturated carbocycles. The van der Waals surface area contributed by atoms with Crippen molar-refractivity contribution in [1.82, 2.24) is 10.2 Å². The van der Waals surface area contributed by atoms with Crippen LogP contribution in [0.2, 0.25) is 0 Å². The monoisotopic (exact) mass is 296 g/mol. The van der Waals surface area contributed by atoms with Gasteiger partial charge < -0.3 is 15.3 Å². The van der Waals surface area contributed by atoms with E-state index >= 15 is 0 Å². The summed E-state index contributed by atoms with van der Waals surface area (Å²) in [6.45, 7) is 11.2. The molecule has 2 aliphatic rings. The molecule has 0 aromatic heterocycles. The Morgan fingerprint density at radius 3 is 2.38 bits per heavy atom. The van der Waals surface area contributed by atoms with Gasteiger partial charge >= 0.3 is 0 Å². The molecule has 1 aliphatic heterocycles. The Morgan fingerprint density at radius 1 is 1.19 bits per heavy atom. The number of piperidine rings is 1. The number of nitrogens with zero attached hydrogens (tertiary/aromatic N) is 1. The highest BCUT2D eigenvalue weighted by molar-refractivity contribution is 4.98. The maximum Gasteiger partial charge on any atom is 0.0615 e. The zero-order valence-corrected chi connectivity index (χ0v) is 14.6. The van der Waals surface area contributed by atoms with Crippen LogP contribution in [0.1, 0.15) is 59.3 Å². The van der Waals surface area contributed by atoms with Crippen LogP contribution >= 0.6 is 0 Å². The second kappa shape index (κ2) is 6.97. The fraction of sp³-hybridized carbons (Fsp3) is 1.00. The Balaban J connectivity index is 1.77. The predicted octanol–water partition coefficient (Wildman–Crippen LogP) is 2.89. The molecule has 2 unspecified atom stereocenters. The number of likely N-dealkylation sites (tertiary alicyclic amines) is 1. The summed E-state index contributed by atoms with van der Waals surface area (Å²) in [5.74, 6) is 1.53. The molecular weight excluding hydrogens is 260 g/mol. The number of aliphatic hydroxyl groups is 1. The number of aliphatic hydroxyl groups excluding tert-OH is 1. The fourth-order valence-electron chi connectivity index (χ4n) is 4.54. The van der Waals surface area contributed by atoms with Crippen molar-refractivity contribution in [1.29, 1.82) is 0 Å². The van der Waals surface area contributed by atoms with Gasteiger partial charge in [-0.2, -0.15) is 0 Å². The van der Waals surface area contributed by atoms with Gasteiger partial charge in [-0.25, -0.2) is 0 Å². The Bertz CT molecular complexity index is 312. The SMILES string of the molecule is CNC1(CO)CCCC1CCN1CCC(C(C)(C)C)CC1. The van der Waals surface area contributed by atoms with Crippen LogP contribution in [0.25, 0.3) is 0 Å². The van der Waals surface area contributed by atoms with Gasteiger partial charge in [0, 0.05) is 5.54 Å². The van der Waals surface area contributed by atoms with Crippen LogP contribution in [0.4, 0.5) is 0 Å². The molecule has 21 heavy (non-hydrogen) atoms. The van der Waals surface area contributed by atoms with E-state index in [0.717, 1.165) is 12.3 Å². The van der Waals surface area contributed by atoms with Crippen LogP contribution in [0, 0.1) is 17.3 Å². The van der Waals surface area contributed by atoms with Gasteiger partial charge in [-0.15, -0.1) is 0 Å². The number of rotatable bonds is 5. The third-order valence-electron chi connectivity index (χ3n) is 6.34. The number of hydrogen-bond acceptors (Lipinski definition) is 3. The summed E-state index contributed by atoms with van der Waals surface area (Å²) in [5.41, 5.74) is 0.472. The molecule has 0 bridgehead atoms. The Morgan fingerprint density at radius 2 is 1.86 bits per heavy atom. The van der Waals surface area contributed by atoms with E-state index in [2.05, 4.69) is 31.0 Å². The van der Waals surface area contributed by atoms with Crippen LogP contribution < -0.4 is 5.32 Å². The molecule has 0 spiro atoms. The molecule has 2 N–H and O–H groups in total. The number of nitrogens with one attached hydrogen (secondary N) is 1. The smallest absolute Gasteiger partial charge is 0.0615 e. The molecule has 0 radical (unpaired) electrons. The van der Waals surface area contributed by atoms with Crippen molar-refractivity contribution in [2.75, 3.05) is 33.3 Å². The summed E-state index contributed by atoms with van der Waals surface area (Å²) in [7, 11) is 2.02. The van der Waals surface area contributed by atoms with E-state index in [1.807, 2.05) is 7.05 Å². The summed E-state index contributed by atoms with van der Waals surface area (Å²) in [6.07, 6.45) is 7.62. The average Bonchev–Trinajstić information content (AvgIpc) is 2.88. The molecule has 0 amide bonds. The molecule has 1 saturated heterocycles. The highest BCUT2D eigenvalue weighted by atomic mass is 16.3. The Kier molecular flexibility index (Phi) is 5.72. The van der Waals surface area contributed by atoms with E-state index in [1.54, 1.807) is 0 Å². The first-order chi connectivity index (χ1) is 9.91. The number of likely N-dealkylation sites (N-methyl/N-ethyl adjacent to an activating group) is 1. The van der Waals surface area contributed by atoms with Crippen molar-refractivity contribution in [2.45, 2.75) is 64.8 Å². The van der Waals surface area contributed by atoms with E-state index in [0.29, 0.717) is 17.9 Å². The zero-order valence-electron chi connectivity index (χ0n) is 14.6. The fourth-order valence-corrected chi connectivity index (χ4v) is 4.54. The molecule has 3 heteroatoms. The predicted molar refractivity (Wildman–Crippen MR) is 89.5 cm³/mol. The van der Waals surface area contributed by atoms with E-state index in [-0.39, 0.29) is 5.54 Å². The van der Waals surface area contributed by atoms with Gasteiger partial charge in [0.15, 0.2) is 0 Å². The van der Waals surface area contributed by atoms with Crippen LogP contribution in [0.15, 0.2) is 0 Å². The number of hydrogen-bond donors (Lipinski definition) is 2. The molecule has 1 aliphatic carbocycles. The second-order valence-electron chi connectivity index (χ2n) is 8.42. The van der Waals surface area contributed by atoms with Gasteiger partial charge in [0.25, 0.3) is 0 Å². The molecule has 2 rings (SSSR count). The Hall–Kier alpha value is -0.120. The summed E-state index contributed by atoms with van der Waals surface area (Å²) in [5, 5.41) is 13.2. The maximum atomic E-state index is 9.77. The molecule has 2 fully saturated rings. The second-order valence-corrected chi connectivity index (χ2v) is 8.42. The average molecular weight is 296 g/mol. The van der Waals surface area contributed by atoms with E-state index in [9.17, 15) is 5.11 Å². The van der Waals surface area contributed by atoms with Crippen LogP contribution in [-0.2, 0) is 0 Å². The van der Waals surface area contributed by atoms with Crippen LogP contribution in [0.3, 0.4) is 0 Å². The molecule has 1 heterocycles. The molecule has 2 atom stereocenters. The molecule has 0 aromatic rings. The summed E-state index contributed by atoms with van der Waals surface area (Å²) in [4.78, 5) is 2.65. The molecule has 3 nitrogen and oxygen atoms in total. The summed E-state index contributed by atoms with van der Waals surface area (Å²) < 4.78 is 0. The lowest BCUT2D eigenvalue weighted by Crippen LogP contribution is -2.50. The normalized spacial score (nSPS) is 32.7. The van der Waals surface area contributed by atoms with E-state index in [4.69, 9.17) is 0 Å². The first-order valence-corrected chi connectivity index (χ1v) is 8.93. The topological polar surface area (TPSA) is 35.5 Å².